The van der Waals surface area contributed by atoms with E-state index in [4.69, 9.17) is 33.0 Å². The monoisotopic (exact) mass is 681 g/mol. The number of ether oxygens (including phenoxy) is 3. The number of urea groups is 2. The van der Waals surface area contributed by atoms with Crippen molar-refractivity contribution in [1.29, 1.82) is 5.26 Å². The smallest absolute Gasteiger partial charge is 0.333 e. The highest BCUT2D eigenvalue weighted by molar-refractivity contribution is 7.41. The zero-order valence-corrected chi connectivity index (χ0v) is 26.8. The zero-order valence-electron chi connectivity index (χ0n) is 25.9. The minimum atomic E-state index is -2.21. The summed E-state index contributed by atoms with van der Waals surface area (Å²) in [6.07, 6.45) is -6.38. The van der Waals surface area contributed by atoms with Gasteiger partial charge in [-0.2, -0.15) is 5.26 Å². The summed E-state index contributed by atoms with van der Waals surface area (Å²) in [6.45, 7) is 3.81. The molecule has 5 heterocycles. The van der Waals surface area contributed by atoms with E-state index >= 15 is 0 Å². The van der Waals surface area contributed by atoms with Crippen LogP contribution in [0.1, 0.15) is 52.9 Å². The molecule has 6 amide bonds. The van der Waals surface area contributed by atoms with Gasteiger partial charge in [-0.1, -0.05) is 0 Å². The third kappa shape index (κ3) is 5.47. The molecule has 0 aromatic rings. The predicted molar refractivity (Wildman–Crippen MR) is 152 cm³/mol. The molecule has 3 unspecified atom stereocenters. The quantitative estimate of drug-likeness (QED) is 0.173. The number of carbonyl (C=O) groups excluding carboxylic acids is 6. The summed E-state index contributed by atoms with van der Waals surface area (Å²) < 4.78 is 35.6. The van der Waals surface area contributed by atoms with E-state index in [1.807, 2.05) is 6.07 Å². The van der Waals surface area contributed by atoms with Gasteiger partial charge in [0.1, 0.15) is 43.2 Å². The zero-order chi connectivity index (χ0) is 33.8. The molecule has 5 aliphatic heterocycles. The molecule has 19 heteroatoms. The van der Waals surface area contributed by atoms with Crippen molar-refractivity contribution in [2.24, 2.45) is 10.8 Å². The molecule has 6 aliphatic rings. The molecule has 0 spiro atoms. The molecule has 4 bridgehead atoms. The molecule has 6 fully saturated rings. The molecule has 0 aromatic carbocycles. The molecule has 47 heavy (non-hydrogen) atoms. The van der Waals surface area contributed by atoms with E-state index in [-0.39, 0.29) is 57.7 Å². The summed E-state index contributed by atoms with van der Waals surface area (Å²) in [6, 6.07) is -1.81. The Labute approximate surface area is 270 Å². The molecule has 3 N–H and O–H groups in total. The normalized spacial score (nSPS) is 40.8. The van der Waals surface area contributed by atoms with Crippen LogP contribution in [0.25, 0.3) is 0 Å². The van der Waals surface area contributed by atoms with Crippen LogP contribution in [0.4, 0.5) is 9.59 Å². The third-order valence-corrected chi connectivity index (χ3v) is 11.3. The van der Waals surface area contributed by atoms with Crippen LogP contribution in [0.3, 0.4) is 0 Å². The summed E-state index contributed by atoms with van der Waals surface area (Å²) in [5.74, 6) is -2.25. The highest BCUT2D eigenvalue weighted by atomic mass is 31.2. The Morgan fingerprint density at radius 2 is 1.62 bits per heavy atom. The van der Waals surface area contributed by atoms with Gasteiger partial charge in [-0.05, 0) is 20.8 Å². The van der Waals surface area contributed by atoms with Gasteiger partial charge in [-0.25, -0.2) is 9.59 Å². The first-order chi connectivity index (χ1) is 22.3. The second-order valence-corrected chi connectivity index (χ2v) is 13.9. The van der Waals surface area contributed by atoms with E-state index in [0.717, 1.165) is 0 Å². The highest BCUT2D eigenvalue weighted by Gasteiger charge is 2.82. The Bertz CT molecular complexity index is 1410. The maximum atomic E-state index is 13.6. The van der Waals surface area contributed by atoms with Crippen molar-refractivity contribution < 1.29 is 61.7 Å². The molecular weight excluding hydrogens is 645 g/mol. The van der Waals surface area contributed by atoms with Gasteiger partial charge >= 0.3 is 26.6 Å². The number of nitrogens with one attached hydrogen (secondary N) is 2. The van der Waals surface area contributed by atoms with Crippen LogP contribution in [0, 0.1) is 22.2 Å². The fraction of sp³-hybridized carbons (Fsp3) is 0.750. The fourth-order valence-electron chi connectivity index (χ4n) is 7.41. The lowest BCUT2D eigenvalue weighted by molar-refractivity contribution is -0.242. The van der Waals surface area contributed by atoms with E-state index < -0.39 is 98.2 Å². The summed E-state index contributed by atoms with van der Waals surface area (Å²) >= 11 is 0. The largest absolute Gasteiger partial charge is 0.463 e. The molecule has 18 nitrogen and oxygen atoms in total. The molecule has 11 atom stereocenters. The molecule has 5 saturated heterocycles. The Morgan fingerprint density at radius 3 is 2.21 bits per heavy atom. The van der Waals surface area contributed by atoms with E-state index in [2.05, 4.69) is 10.6 Å². The van der Waals surface area contributed by atoms with Crippen LogP contribution < -0.4 is 10.6 Å². The van der Waals surface area contributed by atoms with E-state index in [0.29, 0.717) is 0 Å². The maximum Gasteiger partial charge on any atom is 0.333 e. The van der Waals surface area contributed by atoms with Gasteiger partial charge in [0.15, 0.2) is 0 Å². The second-order valence-electron chi connectivity index (χ2n) is 12.7. The third-order valence-electron chi connectivity index (χ3n) is 10.1. The number of rotatable bonds is 8. The van der Waals surface area contributed by atoms with Gasteiger partial charge < -0.3 is 37.7 Å². The van der Waals surface area contributed by atoms with Crippen molar-refractivity contribution in [3.05, 3.63) is 0 Å². The average molecular weight is 682 g/mol. The van der Waals surface area contributed by atoms with E-state index in [1.54, 1.807) is 13.8 Å². The molecule has 1 saturated carbocycles. The Balaban J connectivity index is 1.37. The lowest BCUT2D eigenvalue weighted by Gasteiger charge is -2.72. The number of fused-ring (bicyclic) bond motifs is 7. The van der Waals surface area contributed by atoms with Crippen LogP contribution in [0.2, 0.25) is 0 Å². The minimum Gasteiger partial charge on any atom is -0.463 e. The average Bonchev–Trinajstić information content (AvgIpc) is 3.58. The first-order valence-electron chi connectivity index (χ1n) is 15.3. The molecule has 0 radical (unpaired) electrons. The first-order valence-corrected chi connectivity index (χ1v) is 16.4. The van der Waals surface area contributed by atoms with Gasteiger partial charge in [0.05, 0.1) is 61.1 Å². The highest BCUT2D eigenvalue weighted by Crippen LogP contribution is 2.64. The topological polar surface area (TPSA) is 232 Å². The number of nitriles is 1. The standard InChI is InChI=1S/C28H36N5O13P/c1-13(34)5-6-20(36)41-11-17-15-10-19(45-17)33-22-21-27(2,28(22,3)24(38)31-26(33)40)23(37)30-25(39)32(21)18-9-14(35)16(44-18)12-43-47(46-15)42-8-4-7-29/h14-19,21-22,35H,4-6,8-12H2,1-3H3,(H,30,37,39)(H,31,38,40)/t14-,15-,16+,17+,18+,19+,21?,22?,27-,28+,47?/m0/s1. The number of aliphatic hydroxyl groups is 1. The summed E-state index contributed by atoms with van der Waals surface area (Å²) in [4.78, 5) is 80.4. The molecule has 256 valence electrons. The van der Waals surface area contributed by atoms with Crippen molar-refractivity contribution in [2.75, 3.05) is 19.8 Å². The molecular formula is C28H36N5O13P. The maximum absolute atomic E-state index is 13.6. The number of hydrogen-bond donors (Lipinski definition) is 3. The first kappa shape index (κ1) is 33.6. The van der Waals surface area contributed by atoms with Crippen molar-refractivity contribution >= 4 is 44.2 Å². The number of imide groups is 2. The lowest BCUT2D eigenvalue weighted by atomic mass is 9.42. The van der Waals surface area contributed by atoms with Crippen molar-refractivity contribution in [3.8, 4) is 6.07 Å². The number of nitrogens with zero attached hydrogens (tertiary/aromatic N) is 3. The molecule has 0 aromatic heterocycles. The lowest BCUT2D eigenvalue weighted by Crippen LogP contribution is -2.92. The summed E-state index contributed by atoms with van der Waals surface area (Å²) in [5, 5.41) is 24.6. The van der Waals surface area contributed by atoms with E-state index in [9.17, 15) is 33.9 Å². The number of amides is 6. The Morgan fingerprint density at radius 1 is 1.00 bits per heavy atom. The number of aliphatic hydroxyl groups excluding tert-OH is 1. The minimum absolute atomic E-state index is 0.0138. The van der Waals surface area contributed by atoms with Gasteiger partial charge in [0, 0.05) is 19.3 Å². The summed E-state index contributed by atoms with van der Waals surface area (Å²) in [5.41, 5.74) is -3.05. The predicted octanol–water partition coefficient (Wildman–Crippen LogP) is -0.0707. The number of ketones is 1. The molecule has 6 rings (SSSR count). The molecule has 1 aliphatic carbocycles. The fourth-order valence-corrected chi connectivity index (χ4v) is 8.56. The van der Waals surface area contributed by atoms with Crippen LogP contribution in [-0.2, 0) is 47.0 Å². The van der Waals surface area contributed by atoms with Crippen LogP contribution in [0.5, 0.6) is 0 Å². The van der Waals surface area contributed by atoms with E-state index in [1.165, 1.54) is 16.7 Å². The van der Waals surface area contributed by atoms with Crippen LogP contribution >= 0.6 is 8.60 Å². The number of esters is 1. The van der Waals surface area contributed by atoms with Crippen molar-refractivity contribution in [2.45, 2.75) is 102 Å². The van der Waals surface area contributed by atoms with Crippen LogP contribution in [-0.4, -0.2) is 119 Å². The Hall–Kier alpha value is -3.30. The van der Waals surface area contributed by atoms with Gasteiger partial charge in [-0.3, -0.25) is 34.8 Å². The van der Waals surface area contributed by atoms with Crippen LogP contribution in [0.15, 0.2) is 0 Å². The van der Waals surface area contributed by atoms with Gasteiger partial charge in [-0.15, -0.1) is 0 Å². The van der Waals surface area contributed by atoms with Gasteiger partial charge in [0.2, 0.25) is 11.8 Å². The number of carbonyl (C=O) groups is 6. The number of Topliss-reactive ketones (excluding diaryl/α,β-unsaturated/α-hetero) is 1. The van der Waals surface area contributed by atoms with Gasteiger partial charge in [0.25, 0.3) is 0 Å². The second kappa shape index (κ2) is 12.6. The SMILES string of the molecule is CC(=O)CCC(=O)OC[C@H]1O[C@@H]2C[C@@H]1OP(OCCC#N)OC[C@H]1O[C@H](C[C@@H]1O)N1C(=O)NC(=O)[C@]3(C)C1C1N2C(=O)NC(=O)[C@@]13C. The Kier molecular flexibility index (Phi) is 9.02. The van der Waals surface area contributed by atoms with Crippen molar-refractivity contribution in [3.63, 3.8) is 0 Å². The number of hydrogen-bond acceptors (Lipinski definition) is 14. The van der Waals surface area contributed by atoms with Crippen molar-refractivity contribution in [1.82, 2.24) is 20.4 Å². The summed E-state index contributed by atoms with van der Waals surface area (Å²) in [7, 11) is -2.21.